The van der Waals surface area contributed by atoms with Gasteiger partial charge in [0.15, 0.2) is 0 Å². The largest absolute Gasteiger partial charge is 0.477 e. The molecule has 1 saturated carbocycles. The van der Waals surface area contributed by atoms with Crippen molar-refractivity contribution in [2.45, 2.75) is 39.2 Å². The van der Waals surface area contributed by atoms with E-state index in [1.54, 1.807) is 6.07 Å². The van der Waals surface area contributed by atoms with Gasteiger partial charge in [-0.3, -0.25) is 0 Å². The van der Waals surface area contributed by atoms with Crippen LogP contribution in [0.25, 0.3) is 0 Å². The first-order valence-corrected chi connectivity index (χ1v) is 7.00. The zero-order valence-electron chi connectivity index (χ0n) is 11.7. The van der Waals surface area contributed by atoms with E-state index in [9.17, 15) is 0 Å². The lowest BCUT2D eigenvalue weighted by Crippen LogP contribution is -2.23. The molecule has 1 aliphatic carbocycles. The van der Waals surface area contributed by atoms with Gasteiger partial charge < -0.3 is 15.2 Å². The monoisotopic (exact) mass is 265 g/mol. The van der Waals surface area contributed by atoms with Crippen LogP contribution in [-0.2, 0) is 0 Å². The molecular formula is C14H23N3O2. The molecule has 0 radical (unpaired) electrons. The van der Waals surface area contributed by atoms with Gasteiger partial charge in [0.25, 0.3) is 0 Å². The molecule has 5 nitrogen and oxygen atoms in total. The molecular weight excluding hydrogens is 242 g/mol. The maximum absolute atomic E-state index is 5.77. The highest BCUT2D eigenvalue weighted by Gasteiger charge is 2.26. The van der Waals surface area contributed by atoms with E-state index in [0.717, 1.165) is 6.54 Å². The average Bonchev–Trinajstić information content (AvgIpc) is 2.83. The summed E-state index contributed by atoms with van der Waals surface area (Å²) in [5.41, 5.74) is 5.77. The lowest BCUT2D eigenvalue weighted by Gasteiger charge is -2.18. The molecule has 1 aromatic rings. The predicted octanol–water partition coefficient (Wildman–Crippen LogP) is 2.02. The normalized spacial score (nSPS) is 22.7. The quantitative estimate of drug-likeness (QED) is 0.852. The highest BCUT2D eigenvalue weighted by molar-refractivity contribution is 5.18. The standard InChI is InChI=1S/C14H23N3O2/c1-10(2)19-14-6-13(16-9-17-14)18-8-12-5-3-4-11(12)7-15/h6,9-12H,3-5,7-8,15H2,1-2H3. The first-order chi connectivity index (χ1) is 9.19. The summed E-state index contributed by atoms with van der Waals surface area (Å²) >= 11 is 0. The summed E-state index contributed by atoms with van der Waals surface area (Å²) in [7, 11) is 0. The van der Waals surface area contributed by atoms with E-state index < -0.39 is 0 Å². The van der Waals surface area contributed by atoms with Gasteiger partial charge in [-0.05, 0) is 45.1 Å². The van der Waals surface area contributed by atoms with Gasteiger partial charge in [0.2, 0.25) is 11.8 Å². The maximum Gasteiger partial charge on any atom is 0.220 e. The molecule has 19 heavy (non-hydrogen) atoms. The van der Waals surface area contributed by atoms with Crippen molar-refractivity contribution in [2.75, 3.05) is 13.2 Å². The SMILES string of the molecule is CC(C)Oc1cc(OCC2CCCC2CN)ncn1. The van der Waals surface area contributed by atoms with E-state index in [1.807, 2.05) is 13.8 Å². The molecule has 1 aromatic heterocycles. The van der Waals surface area contributed by atoms with E-state index >= 15 is 0 Å². The third-order valence-corrected chi connectivity index (χ3v) is 3.54. The molecule has 2 rings (SSSR count). The van der Waals surface area contributed by atoms with Gasteiger partial charge in [-0.1, -0.05) is 6.42 Å². The Bertz CT molecular complexity index is 398. The van der Waals surface area contributed by atoms with Crippen molar-refractivity contribution < 1.29 is 9.47 Å². The summed E-state index contributed by atoms with van der Waals surface area (Å²) in [5.74, 6) is 2.28. The van der Waals surface area contributed by atoms with Crippen molar-refractivity contribution in [3.8, 4) is 11.8 Å². The first kappa shape index (κ1) is 14.1. The summed E-state index contributed by atoms with van der Waals surface area (Å²) in [5, 5.41) is 0. The zero-order chi connectivity index (χ0) is 13.7. The van der Waals surface area contributed by atoms with Crippen molar-refractivity contribution >= 4 is 0 Å². The minimum Gasteiger partial charge on any atom is -0.477 e. The Kier molecular flexibility index (Phi) is 4.96. The van der Waals surface area contributed by atoms with E-state index in [-0.39, 0.29) is 6.10 Å². The second-order valence-corrected chi connectivity index (χ2v) is 5.36. The number of hydrogen-bond donors (Lipinski definition) is 1. The second kappa shape index (κ2) is 6.70. The fourth-order valence-corrected chi connectivity index (χ4v) is 2.54. The molecule has 5 heteroatoms. The molecule has 0 bridgehead atoms. The highest BCUT2D eigenvalue weighted by atomic mass is 16.5. The van der Waals surface area contributed by atoms with Crippen LogP contribution in [-0.4, -0.2) is 29.2 Å². The molecule has 0 saturated heterocycles. The molecule has 1 fully saturated rings. The van der Waals surface area contributed by atoms with Crippen LogP contribution in [0, 0.1) is 11.8 Å². The lowest BCUT2D eigenvalue weighted by molar-refractivity contribution is 0.203. The van der Waals surface area contributed by atoms with Crippen molar-refractivity contribution in [1.29, 1.82) is 0 Å². The number of aromatic nitrogens is 2. The van der Waals surface area contributed by atoms with Gasteiger partial charge in [-0.15, -0.1) is 0 Å². The summed E-state index contributed by atoms with van der Waals surface area (Å²) in [4.78, 5) is 8.17. The van der Waals surface area contributed by atoms with Crippen molar-refractivity contribution in [2.24, 2.45) is 17.6 Å². The summed E-state index contributed by atoms with van der Waals surface area (Å²) in [6.45, 7) is 5.36. The summed E-state index contributed by atoms with van der Waals surface area (Å²) < 4.78 is 11.3. The Morgan fingerprint density at radius 1 is 1.26 bits per heavy atom. The molecule has 2 atom stereocenters. The smallest absolute Gasteiger partial charge is 0.220 e. The van der Waals surface area contributed by atoms with Gasteiger partial charge in [0.05, 0.1) is 18.8 Å². The van der Waals surface area contributed by atoms with Gasteiger partial charge in [0, 0.05) is 0 Å². The van der Waals surface area contributed by atoms with Gasteiger partial charge >= 0.3 is 0 Å². The molecule has 0 aromatic carbocycles. The zero-order valence-corrected chi connectivity index (χ0v) is 11.7. The molecule has 0 aliphatic heterocycles. The van der Waals surface area contributed by atoms with E-state index in [4.69, 9.17) is 15.2 Å². The third-order valence-electron chi connectivity index (χ3n) is 3.54. The average molecular weight is 265 g/mol. The predicted molar refractivity (Wildman–Crippen MR) is 73.2 cm³/mol. The fraction of sp³-hybridized carbons (Fsp3) is 0.714. The van der Waals surface area contributed by atoms with Gasteiger partial charge in [-0.25, -0.2) is 9.97 Å². The van der Waals surface area contributed by atoms with E-state index in [1.165, 1.54) is 25.6 Å². The molecule has 0 amide bonds. The number of ether oxygens (including phenoxy) is 2. The molecule has 106 valence electrons. The summed E-state index contributed by atoms with van der Waals surface area (Å²) in [6, 6.07) is 1.74. The third kappa shape index (κ3) is 4.06. The van der Waals surface area contributed by atoms with Crippen LogP contribution in [0.15, 0.2) is 12.4 Å². The van der Waals surface area contributed by atoms with Crippen LogP contribution in [0.2, 0.25) is 0 Å². The van der Waals surface area contributed by atoms with Crippen molar-refractivity contribution in [1.82, 2.24) is 9.97 Å². The Labute approximate surface area is 114 Å². The lowest BCUT2D eigenvalue weighted by atomic mass is 9.97. The number of nitrogens with two attached hydrogens (primary N) is 1. The van der Waals surface area contributed by atoms with Crippen LogP contribution < -0.4 is 15.2 Å². The molecule has 1 heterocycles. The molecule has 2 unspecified atom stereocenters. The maximum atomic E-state index is 5.77. The molecule has 2 N–H and O–H groups in total. The topological polar surface area (TPSA) is 70.3 Å². The Hall–Kier alpha value is -1.36. The number of rotatable bonds is 6. The molecule has 0 spiro atoms. The Morgan fingerprint density at radius 2 is 2.00 bits per heavy atom. The Morgan fingerprint density at radius 3 is 2.74 bits per heavy atom. The highest BCUT2D eigenvalue weighted by Crippen LogP contribution is 2.31. The number of hydrogen-bond acceptors (Lipinski definition) is 5. The van der Waals surface area contributed by atoms with Crippen LogP contribution >= 0.6 is 0 Å². The van der Waals surface area contributed by atoms with Gasteiger partial charge in [0.1, 0.15) is 6.33 Å². The van der Waals surface area contributed by atoms with Crippen LogP contribution in [0.3, 0.4) is 0 Å². The molecule has 1 aliphatic rings. The van der Waals surface area contributed by atoms with Crippen LogP contribution in [0.5, 0.6) is 11.8 Å². The summed E-state index contributed by atoms with van der Waals surface area (Å²) in [6.07, 6.45) is 5.24. The fourth-order valence-electron chi connectivity index (χ4n) is 2.54. The second-order valence-electron chi connectivity index (χ2n) is 5.36. The van der Waals surface area contributed by atoms with Crippen LogP contribution in [0.4, 0.5) is 0 Å². The van der Waals surface area contributed by atoms with Crippen molar-refractivity contribution in [3.05, 3.63) is 12.4 Å². The number of nitrogens with zero attached hydrogens (tertiary/aromatic N) is 2. The van der Waals surface area contributed by atoms with Gasteiger partial charge in [-0.2, -0.15) is 0 Å². The van der Waals surface area contributed by atoms with Crippen molar-refractivity contribution in [3.63, 3.8) is 0 Å². The van der Waals surface area contributed by atoms with Crippen LogP contribution in [0.1, 0.15) is 33.1 Å². The minimum atomic E-state index is 0.0965. The Balaban J connectivity index is 1.88. The minimum absolute atomic E-state index is 0.0965. The van der Waals surface area contributed by atoms with E-state index in [2.05, 4.69) is 9.97 Å². The van der Waals surface area contributed by atoms with E-state index in [0.29, 0.717) is 30.2 Å². The first-order valence-electron chi connectivity index (χ1n) is 7.00.